The van der Waals surface area contributed by atoms with Gasteiger partial charge >= 0.3 is 0 Å². The summed E-state index contributed by atoms with van der Waals surface area (Å²) < 4.78 is 6.74. The van der Waals surface area contributed by atoms with Crippen LogP contribution in [0.3, 0.4) is 0 Å². The fourth-order valence-electron chi connectivity index (χ4n) is 8.75. The Morgan fingerprint density at radius 1 is 0.245 bits per heavy atom. The van der Waals surface area contributed by atoms with Gasteiger partial charge in [0.25, 0.3) is 0 Å². The first-order valence-corrected chi connectivity index (χ1v) is 18.3. The smallest absolute Gasteiger partial charge is 0.135 e. The maximum absolute atomic E-state index is 6.74. The zero-order valence-corrected chi connectivity index (χ0v) is 28.9. The molecule has 1 heteroatoms. The minimum atomic E-state index is 0.893. The van der Waals surface area contributed by atoms with E-state index in [-0.39, 0.29) is 0 Å². The third kappa shape index (κ3) is 4.58. The molecule has 246 valence electrons. The van der Waals surface area contributed by atoms with Crippen molar-refractivity contribution in [1.29, 1.82) is 0 Å². The van der Waals surface area contributed by atoms with Gasteiger partial charge in [0.15, 0.2) is 0 Å². The second-order valence-corrected chi connectivity index (χ2v) is 13.9. The van der Waals surface area contributed by atoms with Gasteiger partial charge in [-0.1, -0.05) is 176 Å². The van der Waals surface area contributed by atoms with Gasteiger partial charge in [-0.3, -0.25) is 0 Å². The summed E-state index contributed by atoms with van der Waals surface area (Å²) in [4.78, 5) is 0. The Hall–Kier alpha value is -6.96. The lowest BCUT2D eigenvalue weighted by Crippen LogP contribution is -1.99. The molecule has 0 aliphatic carbocycles. The van der Waals surface area contributed by atoms with Crippen LogP contribution in [0.25, 0.3) is 98.7 Å². The molecule has 1 nitrogen and oxygen atoms in total. The summed E-state index contributed by atoms with van der Waals surface area (Å²) in [6.07, 6.45) is 0. The van der Waals surface area contributed by atoms with E-state index in [1.54, 1.807) is 0 Å². The van der Waals surface area contributed by atoms with Gasteiger partial charge in [-0.05, 0) is 106 Å². The second kappa shape index (κ2) is 11.8. The molecule has 0 spiro atoms. The van der Waals surface area contributed by atoms with E-state index >= 15 is 0 Å². The summed E-state index contributed by atoms with van der Waals surface area (Å²) in [7, 11) is 0. The Labute approximate surface area is 308 Å². The van der Waals surface area contributed by atoms with Gasteiger partial charge in [0.05, 0.1) is 0 Å². The summed E-state index contributed by atoms with van der Waals surface area (Å²) in [5.41, 5.74) is 12.1. The van der Waals surface area contributed by atoms with Crippen molar-refractivity contribution in [3.05, 3.63) is 194 Å². The maximum atomic E-state index is 6.74. The van der Waals surface area contributed by atoms with Crippen LogP contribution in [0.5, 0.6) is 11.5 Å². The van der Waals surface area contributed by atoms with Crippen LogP contribution in [-0.2, 0) is 0 Å². The van der Waals surface area contributed by atoms with Gasteiger partial charge < -0.3 is 4.74 Å². The predicted molar refractivity (Wildman–Crippen MR) is 224 cm³/mol. The number of hydrogen-bond acceptors (Lipinski definition) is 1. The number of fused-ring (bicyclic) bond motifs is 5. The first-order chi connectivity index (χ1) is 26.3. The molecule has 53 heavy (non-hydrogen) atoms. The van der Waals surface area contributed by atoms with Crippen molar-refractivity contribution in [2.24, 2.45) is 0 Å². The lowest BCUT2D eigenvalue weighted by Gasteiger charge is -2.24. The number of hydrogen-bond donors (Lipinski definition) is 0. The minimum Gasteiger partial charge on any atom is -0.456 e. The predicted octanol–water partition coefficient (Wildman–Crippen LogP) is 14.7. The number of ether oxygens (including phenoxy) is 1. The van der Waals surface area contributed by atoms with Crippen LogP contribution in [0.2, 0.25) is 0 Å². The number of benzene rings is 10. The molecule has 0 saturated carbocycles. The molecular formula is C52H32O. The molecule has 0 atom stereocenters. The highest BCUT2D eigenvalue weighted by atomic mass is 16.5. The summed E-state index contributed by atoms with van der Waals surface area (Å²) in [6.45, 7) is 0. The third-order valence-electron chi connectivity index (χ3n) is 11.1. The molecule has 0 N–H and O–H groups in total. The van der Waals surface area contributed by atoms with Crippen molar-refractivity contribution in [3.8, 4) is 67.1 Å². The zero-order chi connectivity index (χ0) is 34.9. The van der Waals surface area contributed by atoms with Gasteiger partial charge in [0, 0.05) is 10.9 Å². The van der Waals surface area contributed by atoms with E-state index in [2.05, 4.69) is 194 Å². The SMILES string of the molecule is c1ccc(-c2ccc3c(c2)Oc2cccc4c(-c5c6ccccc6c(-c6ccc(-c7ccccc7)c7ccccc67)c6ccccc56)ccc-3c24)cc1. The molecule has 0 unspecified atom stereocenters. The summed E-state index contributed by atoms with van der Waals surface area (Å²) in [5.74, 6) is 1.79. The van der Waals surface area contributed by atoms with Gasteiger partial charge in [-0.15, -0.1) is 0 Å². The quantitative estimate of drug-likeness (QED) is 0.169. The van der Waals surface area contributed by atoms with Crippen molar-refractivity contribution >= 4 is 43.1 Å². The monoisotopic (exact) mass is 672 g/mol. The Morgan fingerprint density at radius 3 is 1.32 bits per heavy atom. The van der Waals surface area contributed by atoms with Gasteiger partial charge in [-0.25, -0.2) is 0 Å². The highest BCUT2D eigenvalue weighted by molar-refractivity contribution is 6.26. The normalized spacial score (nSPS) is 11.9. The summed E-state index contributed by atoms with van der Waals surface area (Å²) in [5, 5.41) is 9.83. The molecule has 0 radical (unpaired) electrons. The molecule has 0 bridgehead atoms. The van der Waals surface area contributed by atoms with E-state index in [0.717, 1.165) is 28.0 Å². The van der Waals surface area contributed by atoms with Crippen molar-refractivity contribution < 1.29 is 4.74 Å². The van der Waals surface area contributed by atoms with Gasteiger partial charge in [0.2, 0.25) is 0 Å². The summed E-state index contributed by atoms with van der Waals surface area (Å²) in [6, 6.07) is 70.4. The average molecular weight is 673 g/mol. The molecule has 1 heterocycles. The van der Waals surface area contributed by atoms with E-state index in [9.17, 15) is 0 Å². The van der Waals surface area contributed by atoms with Crippen LogP contribution in [0, 0.1) is 0 Å². The molecule has 10 aromatic carbocycles. The van der Waals surface area contributed by atoms with Gasteiger partial charge in [-0.2, -0.15) is 0 Å². The molecule has 1 aliphatic rings. The van der Waals surface area contributed by atoms with Crippen LogP contribution < -0.4 is 4.74 Å². The van der Waals surface area contributed by atoms with Crippen molar-refractivity contribution in [2.75, 3.05) is 0 Å². The molecule has 0 aromatic heterocycles. The molecule has 0 amide bonds. The molecule has 0 saturated heterocycles. The first-order valence-electron chi connectivity index (χ1n) is 18.3. The molecular weight excluding hydrogens is 641 g/mol. The standard InChI is InChI=1S/C52H32O/c1-3-14-33(15-4-1)35-26-27-39-46-30-31-47(44-24-13-25-48(52(44)46)53-49(39)32-35)51-42-22-11-9-20-40(42)50(41-21-10-12-23-43(41)51)45-29-28-36(34-16-5-2-6-17-34)37-18-7-8-19-38(37)45/h1-32H. The zero-order valence-electron chi connectivity index (χ0n) is 28.9. The van der Waals surface area contributed by atoms with Crippen molar-refractivity contribution in [1.82, 2.24) is 0 Å². The maximum Gasteiger partial charge on any atom is 0.135 e. The van der Waals surface area contributed by atoms with E-state index in [1.807, 2.05) is 0 Å². The Bertz CT molecular complexity index is 3010. The third-order valence-corrected chi connectivity index (χ3v) is 11.1. The molecule has 0 fully saturated rings. The van der Waals surface area contributed by atoms with Gasteiger partial charge in [0.1, 0.15) is 11.5 Å². The van der Waals surface area contributed by atoms with Crippen LogP contribution in [0.1, 0.15) is 0 Å². The Balaban J connectivity index is 1.16. The van der Waals surface area contributed by atoms with Crippen LogP contribution in [0.15, 0.2) is 194 Å². The van der Waals surface area contributed by atoms with E-state index in [1.165, 1.54) is 82.2 Å². The lowest BCUT2D eigenvalue weighted by atomic mass is 9.82. The average Bonchev–Trinajstić information content (AvgIpc) is 3.23. The topological polar surface area (TPSA) is 9.23 Å². The minimum absolute atomic E-state index is 0.893. The fraction of sp³-hybridized carbons (Fsp3) is 0. The van der Waals surface area contributed by atoms with E-state index in [0.29, 0.717) is 0 Å². The van der Waals surface area contributed by atoms with Crippen LogP contribution >= 0.6 is 0 Å². The Kier molecular flexibility index (Phi) is 6.62. The fourth-order valence-corrected chi connectivity index (χ4v) is 8.75. The van der Waals surface area contributed by atoms with Crippen molar-refractivity contribution in [3.63, 3.8) is 0 Å². The number of rotatable bonds is 4. The Morgan fingerprint density at radius 2 is 0.698 bits per heavy atom. The van der Waals surface area contributed by atoms with E-state index in [4.69, 9.17) is 4.74 Å². The second-order valence-electron chi connectivity index (χ2n) is 13.9. The summed E-state index contributed by atoms with van der Waals surface area (Å²) >= 11 is 0. The molecule has 11 rings (SSSR count). The van der Waals surface area contributed by atoms with Crippen LogP contribution in [-0.4, -0.2) is 0 Å². The van der Waals surface area contributed by atoms with E-state index < -0.39 is 0 Å². The highest BCUT2D eigenvalue weighted by Gasteiger charge is 2.25. The largest absolute Gasteiger partial charge is 0.456 e. The van der Waals surface area contributed by atoms with Crippen LogP contribution in [0.4, 0.5) is 0 Å². The molecule has 10 aromatic rings. The molecule has 1 aliphatic heterocycles. The highest BCUT2D eigenvalue weighted by Crippen LogP contribution is 2.52. The first kappa shape index (κ1) is 29.7. The lowest BCUT2D eigenvalue weighted by molar-refractivity contribution is 0.487. The van der Waals surface area contributed by atoms with Crippen molar-refractivity contribution in [2.45, 2.75) is 0 Å².